The summed E-state index contributed by atoms with van der Waals surface area (Å²) in [7, 11) is 0. The molecule has 0 N–H and O–H groups in total. The molecule has 384 valence electrons. The van der Waals surface area contributed by atoms with Gasteiger partial charge >= 0.3 is 17.9 Å². The molecule has 0 bridgehead atoms. The Morgan fingerprint density at radius 2 is 0.582 bits per heavy atom. The van der Waals surface area contributed by atoms with E-state index in [9.17, 15) is 14.4 Å². The van der Waals surface area contributed by atoms with Gasteiger partial charge in [0.15, 0.2) is 6.10 Å². The van der Waals surface area contributed by atoms with Crippen molar-refractivity contribution in [1.82, 2.24) is 0 Å². The van der Waals surface area contributed by atoms with Gasteiger partial charge in [0.1, 0.15) is 13.2 Å². The third-order valence-corrected chi connectivity index (χ3v) is 11.9. The third kappa shape index (κ3) is 53.4. The first-order valence-corrected chi connectivity index (χ1v) is 28.1. The number of allylic oxidation sites excluding steroid dienone is 14. The van der Waals surface area contributed by atoms with Crippen molar-refractivity contribution in [1.29, 1.82) is 0 Å². The Kier molecular flexibility index (Phi) is 52.4. The van der Waals surface area contributed by atoms with Crippen LogP contribution in [0, 0.1) is 0 Å². The summed E-state index contributed by atoms with van der Waals surface area (Å²) in [5, 5.41) is 0. The van der Waals surface area contributed by atoms with Crippen LogP contribution in [0.4, 0.5) is 0 Å². The van der Waals surface area contributed by atoms with Crippen molar-refractivity contribution < 1.29 is 28.6 Å². The summed E-state index contributed by atoms with van der Waals surface area (Å²) in [6, 6.07) is 0. The molecule has 0 aromatic heterocycles. The molecular formula is C61H104O6. The Hall–Kier alpha value is -3.41. The van der Waals surface area contributed by atoms with E-state index in [1.165, 1.54) is 122 Å². The lowest BCUT2D eigenvalue weighted by Crippen LogP contribution is -2.30. The second kappa shape index (κ2) is 55.2. The summed E-state index contributed by atoms with van der Waals surface area (Å²) in [6.07, 6.45) is 71.4. The first-order valence-electron chi connectivity index (χ1n) is 28.1. The molecule has 0 aliphatic rings. The van der Waals surface area contributed by atoms with Crippen molar-refractivity contribution in [3.05, 3.63) is 85.1 Å². The van der Waals surface area contributed by atoms with E-state index in [4.69, 9.17) is 14.2 Å². The topological polar surface area (TPSA) is 78.9 Å². The number of esters is 3. The Balaban J connectivity index is 4.45. The molecule has 0 rings (SSSR count). The van der Waals surface area contributed by atoms with Crippen molar-refractivity contribution in [3.8, 4) is 0 Å². The van der Waals surface area contributed by atoms with Gasteiger partial charge in [0.05, 0.1) is 0 Å². The lowest BCUT2D eigenvalue weighted by molar-refractivity contribution is -0.167. The average Bonchev–Trinajstić information content (AvgIpc) is 3.33. The summed E-state index contributed by atoms with van der Waals surface area (Å²) >= 11 is 0. The van der Waals surface area contributed by atoms with Gasteiger partial charge in [0, 0.05) is 19.3 Å². The number of carbonyl (C=O) groups excluding carboxylic acids is 3. The molecule has 0 fully saturated rings. The molecule has 0 aromatic carbocycles. The number of ether oxygens (including phenoxy) is 3. The van der Waals surface area contributed by atoms with E-state index >= 15 is 0 Å². The maximum Gasteiger partial charge on any atom is 0.306 e. The van der Waals surface area contributed by atoms with Crippen LogP contribution in [0.5, 0.6) is 0 Å². The van der Waals surface area contributed by atoms with E-state index in [0.29, 0.717) is 19.3 Å². The van der Waals surface area contributed by atoms with Crippen LogP contribution in [0.15, 0.2) is 85.1 Å². The predicted octanol–water partition coefficient (Wildman–Crippen LogP) is 18.8. The summed E-state index contributed by atoms with van der Waals surface area (Å²) in [6.45, 7) is 6.48. The molecule has 6 nitrogen and oxygen atoms in total. The monoisotopic (exact) mass is 933 g/mol. The zero-order valence-electron chi connectivity index (χ0n) is 43.9. The third-order valence-electron chi connectivity index (χ3n) is 11.9. The molecule has 0 saturated carbocycles. The van der Waals surface area contributed by atoms with Crippen LogP contribution in [0.2, 0.25) is 0 Å². The molecule has 0 heterocycles. The van der Waals surface area contributed by atoms with Gasteiger partial charge in [0.2, 0.25) is 0 Å². The fraction of sp³-hybridized carbons (Fsp3) is 0.721. The lowest BCUT2D eigenvalue weighted by atomic mass is 10.0. The molecule has 0 aromatic rings. The number of hydrogen-bond acceptors (Lipinski definition) is 6. The van der Waals surface area contributed by atoms with E-state index in [-0.39, 0.29) is 31.1 Å². The minimum atomic E-state index is -0.796. The minimum absolute atomic E-state index is 0.0931. The zero-order valence-corrected chi connectivity index (χ0v) is 43.9. The SMILES string of the molecule is CC/C=C\C/C=C\C/C=C\C/C=C\C/C=C\C/C=C\CCCCC(=O)OCC(COC(=O)CCCCCCC/C=C\CCCCCC)OC(=O)CCCCCCCCCCCCCCCCC. The molecule has 0 aliphatic heterocycles. The first-order chi connectivity index (χ1) is 33.0. The van der Waals surface area contributed by atoms with Crippen molar-refractivity contribution in [2.24, 2.45) is 0 Å². The minimum Gasteiger partial charge on any atom is -0.462 e. The van der Waals surface area contributed by atoms with Gasteiger partial charge < -0.3 is 14.2 Å². The highest BCUT2D eigenvalue weighted by atomic mass is 16.6. The number of rotatable bonds is 50. The van der Waals surface area contributed by atoms with Crippen LogP contribution < -0.4 is 0 Å². The second-order valence-corrected chi connectivity index (χ2v) is 18.5. The summed E-state index contributed by atoms with van der Waals surface area (Å²) in [5.74, 6) is -0.940. The molecule has 0 amide bonds. The summed E-state index contributed by atoms with van der Waals surface area (Å²) in [4.78, 5) is 38.1. The standard InChI is InChI=1S/C61H104O6/c1-4-7-10-13-16-19-22-25-27-28-29-30-31-32-34-36-39-42-45-48-51-54-60(63)66-57-58(56-65-59(62)53-50-47-44-41-38-35-24-21-18-15-12-9-6-3)67-61(64)55-52-49-46-43-40-37-33-26-23-20-17-14-11-8-5-2/h7,10,16,19,21,24-25,27,29-30,32,34,39,42,58H,4-6,8-9,11-15,17-18,20,22-23,26,28,31,33,35-38,40-41,43-57H2,1-3H3/b10-7-,19-16-,24-21-,27-25-,30-29-,34-32-,42-39-. The highest BCUT2D eigenvalue weighted by Crippen LogP contribution is 2.15. The molecule has 1 unspecified atom stereocenters. The van der Waals surface area contributed by atoms with Gasteiger partial charge in [-0.3, -0.25) is 14.4 Å². The number of hydrogen-bond donors (Lipinski definition) is 0. The Morgan fingerprint density at radius 1 is 0.313 bits per heavy atom. The summed E-state index contributed by atoms with van der Waals surface area (Å²) < 4.78 is 16.8. The van der Waals surface area contributed by atoms with Crippen LogP contribution in [0.3, 0.4) is 0 Å². The molecule has 6 heteroatoms. The van der Waals surface area contributed by atoms with E-state index < -0.39 is 6.10 Å². The molecule has 0 radical (unpaired) electrons. The van der Waals surface area contributed by atoms with Gasteiger partial charge in [-0.2, -0.15) is 0 Å². The van der Waals surface area contributed by atoms with E-state index in [1.54, 1.807) is 0 Å². The quantitative estimate of drug-likeness (QED) is 0.0262. The molecule has 1 atom stereocenters. The second-order valence-electron chi connectivity index (χ2n) is 18.5. The highest BCUT2D eigenvalue weighted by molar-refractivity contribution is 5.71. The van der Waals surface area contributed by atoms with Crippen molar-refractivity contribution in [2.75, 3.05) is 13.2 Å². The molecule has 0 saturated heterocycles. The molecule has 0 spiro atoms. The van der Waals surface area contributed by atoms with Crippen molar-refractivity contribution >= 4 is 17.9 Å². The lowest BCUT2D eigenvalue weighted by Gasteiger charge is -2.18. The van der Waals surface area contributed by atoms with Crippen LogP contribution in [-0.4, -0.2) is 37.2 Å². The fourth-order valence-electron chi connectivity index (χ4n) is 7.68. The van der Waals surface area contributed by atoms with Crippen LogP contribution in [0.25, 0.3) is 0 Å². The van der Waals surface area contributed by atoms with E-state index in [1.807, 2.05) is 0 Å². The number of unbranched alkanes of at least 4 members (excludes halogenated alkanes) is 25. The van der Waals surface area contributed by atoms with Gasteiger partial charge in [-0.1, -0.05) is 234 Å². The van der Waals surface area contributed by atoms with Crippen LogP contribution >= 0.6 is 0 Å². The normalized spacial score (nSPS) is 12.7. The predicted molar refractivity (Wildman–Crippen MR) is 288 cm³/mol. The molecule has 67 heavy (non-hydrogen) atoms. The Bertz CT molecular complexity index is 1300. The first kappa shape index (κ1) is 63.6. The maximum atomic E-state index is 12.8. The Labute approximate surface area is 414 Å². The van der Waals surface area contributed by atoms with Crippen molar-refractivity contribution in [3.63, 3.8) is 0 Å². The summed E-state index contributed by atoms with van der Waals surface area (Å²) in [5.41, 5.74) is 0. The molecular weight excluding hydrogens is 829 g/mol. The van der Waals surface area contributed by atoms with Gasteiger partial charge in [-0.25, -0.2) is 0 Å². The zero-order chi connectivity index (χ0) is 48.6. The van der Waals surface area contributed by atoms with Gasteiger partial charge in [-0.15, -0.1) is 0 Å². The van der Waals surface area contributed by atoms with E-state index in [0.717, 1.165) is 103 Å². The maximum absolute atomic E-state index is 12.8. The van der Waals surface area contributed by atoms with E-state index in [2.05, 4.69) is 106 Å². The highest BCUT2D eigenvalue weighted by Gasteiger charge is 2.19. The smallest absolute Gasteiger partial charge is 0.306 e. The van der Waals surface area contributed by atoms with Gasteiger partial charge in [0.25, 0.3) is 0 Å². The number of carbonyl (C=O) groups is 3. The van der Waals surface area contributed by atoms with Crippen molar-refractivity contribution in [2.45, 2.75) is 271 Å². The van der Waals surface area contributed by atoms with Crippen LogP contribution in [-0.2, 0) is 28.6 Å². The fourth-order valence-corrected chi connectivity index (χ4v) is 7.68. The molecule has 0 aliphatic carbocycles. The van der Waals surface area contributed by atoms with Crippen LogP contribution in [0.1, 0.15) is 265 Å². The van der Waals surface area contributed by atoms with Gasteiger partial charge in [-0.05, 0) is 96.3 Å². The average molecular weight is 933 g/mol. The largest absolute Gasteiger partial charge is 0.462 e. The Morgan fingerprint density at radius 3 is 0.970 bits per heavy atom.